The van der Waals surface area contributed by atoms with Gasteiger partial charge in [0.15, 0.2) is 0 Å². The molecule has 1 aromatic rings. The zero-order valence-corrected chi connectivity index (χ0v) is 14.7. The lowest BCUT2D eigenvalue weighted by molar-refractivity contribution is -0.123. The van der Waals surface area contributed by atoms with Gasteiger partial charge in [-0.1, -0.05) is 43.1 Å². The molecule has 0 aliphatic heterocycles. The van der Waals surface area contributed by atoms with Gasteiger partial charge in [0, 0.05) is 6.54 Å². The maximum Gasteiger partial charge on any atom is 0.237 e. The van der Waals surface area contributed by atoms with Crippen LogP contribution in [0.4, 0.5) is 0 Å². The fourth-order valence-electron chi connectivity index (χ4n) is 1.48. The van der Waals surface area contributed by atoms with Gasteiger partial charge in [-0.25, -0.2) is 0 Å². The Kier molecular flexibility index (Phi) is 9.80. The molecule has 1 rings (SSSR count). The molecule has 4 N–H and O–H groups in total. The first-order valence-corrected chi connectivity index (χ1v) is 7.36. The minimum atomic E-state index is -0.872. The van der Waals surface area contributed by atoms with Crippen molar-refractivity contribution in [2.45, 2.75) is 26.0 Å². The molecule has 126 valence electrons. The Hall–Kier alpha value is -0.720. The van der Waals surface area contributed by atoms with Crippen molar-refractivity contribution < 1.29 is 14.6 Å². The van der Waals surface area contributed by atoms with Crippen LogP contribution in [0.2, 0.25) is 10.0 Å². The van der Waals surface area contributed by atoms with Crippen molar-refractivity contribution in [2.24, 2.45) is 11.7 Å². The summed E-state index contributed by atoms with van der Waals surface area (Å²) >= 11 is 11.8. The van der Waals surface area contributed by atoms with Crippen molar-refractivity contribution in [3.8, 4) is 5.75 Å². The molecule has 0 spiro atoms. The number of aliphatic hydroxyl groups excluding tert-OH is 1. The fourth-order valence-corrected chi connectivity index (χ4v) is 1.83. The topological polar surface area (TPSA) is 84.6 Å². The highest BCUT2D eigenvalue weighted by molar-refractivity contribution is 6.42. The first kappa shape index (κ1) is 21.3. The SMILES string of the molecule is CC(C)[C@H](N)C(=O)NCC(O)COc1cccc(Cl)c1Cl.Cl. The van der Waals surface area contributed by atoms with Crippen LogP contribution in [0.1, 0.15) is 13.8 Å². The summed E-state index contributed by atoms with van der Waals surface area (Å²) < 4.78 is 5.37. The molecule has 0 saturated carbocycles. The summed E-state index contributed by atoms with van der Waals surface area (Å²) in [5.41, 5.74) is 5.69. The van der Waals surface area contributed by atoms with Crippen molar-refractivity contribution >= 4 is 41.5 Å². The summed E-state index contributed by atoms with van der Waals surface area (Å²) in [5.74, 6) is 0.113. The molecule has 22 heavy (non-hydrogen) atoms. The van der Waals surface area contributed by atoms with Gasteiger partial charge in [0.05, 0.1) is 11.1 Å². The molecular formula is C14H21Cl3N2O3. The Bertz CT molecular complexity index is 486. The molecule has 0 aromatic heterocycles. The zero-order chi connectivity index (χ0) is 16.0. The number of hydrogen-bond donors (Lipinski definition) is 3. The molecule has 2 atom stereocenters. The third-order valence-electron chi connectivity index (χ3n) is 2.88. The number of aliphatic hydroxyl groups is 1. The van der Waals surface area contributed by atoms with Crippen LogP contribution in [-0.2, 0) is 4.79 Å². The number of ether oxygens (including phenoxy) is 1. The van der Waals surface area contributed by atoms with Crippen molar-refractivity contribution in [2.75, 3.05) is 13.2 Å². The third-order valence-corrected chi connectivity index (χ3v) is 3.68. The Morgan fingerprint density at radius 1 is 1.41 bits per heavy atom. The molecular weight excluding hydrogens is 351 g/mol. The molecule has 5 nitrogen and oxygen atoms in total. The van der Waals surface area contributed by atoms with Crippen molar-refractivity contribution in [3.05, 3.63) is 28.2 Å². The lowest BCUT2D eigenvalue weighted by atomic mass is 10.1. The molecule has 0 aliphatic rings. The van der Waals surface area contributed by atoms with Crippen LogP contribution in [0.25, 0.3) is 0 Å². The van der Waals surface area contributed by atoms with Gasteiger partial charge in [-0.05, 0) is 18.1 Å². The number of rotatable bonds is 7. The van der Waals surface area contributed by atoms with E-state index < -0.39 is 12.1 Å². The van der Waals surface area contributed by atoms with Gasteiger partial charge < -0.3 is 20.9 Å². The van der Waals surface area contributed by atoms with Gasteiger partial charge in [-0.15, -0.1) is 12.4 Å². The summed E-state index contributed by atoms with van der Waals surface area (Å²) in [6.07, 6.45) is -0.872. The summed E-state index contributed by atoms with van der Waals surface area (Å²) in [6.45, 7) is 3.74. The Labute approximate surface area is 146 Å². The minimum Gasteiger partial charge on any atom is -0.489 e. The van der Waals surface area contributed by atoms with E-state index >= 15 is 0 Å². The van der Waals surface area contributed by atoms with E-state index in [0.29, 0.717) is 10.8 Å². The first-order chi connectivity index (χ1) is 9.82. The van der Waals surface area contributed by atoms with Crippen LogP contribution < -0.4 is 15.8 Å². The molecule has 1 aromatic carbocycles. The maximum atomic E-state index is 11.6. The lowest BCUT2D eigenvalue weighted by Crippen LogP contribution is -2.46. The third kappa shape index (κ3) is 6.58. The smallest absolute Gasteiger partial charge is 0.237 e. The van der Waals surface area contributed by atoms with E-state index in [2.05, 4.69) is 5.32 Å². The van der Waals surface area contributed by atoms with Crippen LogP contribution in [0, 0.1) is 5.92 Å². The summed E-state index contributed by atoms with van der Waals surface area (Å²) in [5, 5.41) is 13.0. The van der Waals surface area contributed by atoms with E-state index in [0.717, 1.165) is 0 Å². The van der Waals surface area contributed by atoms with Crippen molar-refractivity contribution in [1.82, 2.24) is 5.32 Å². The van der Waals surface area contributed by atoms with Crippen LogP contribution in [0.15, 0.2) is 18.2 Å². The second-order valence-corrected chi connectivity index (χ2v) is 5.82. The van der Waals surface area contributed by atoms with Gasteiger partial charge in [0.2, 0.25) is 5.91 Å². The molecule has 0 radical (unpaired) electrons. The van der Waals surface area contributed by atoms with Gasteiger partial charge in [-0.3, -0.25) is 4.79 Å². The van der Waals surface area contributed by atoms with E-state index in [1.165, 1.54) is 0 Å². The molecule has 1 amide bonds. The number of nitrogens with one attached hydrogen (secondary N) is 1. The molecule has 0 bridgehead atoms. The Morgan fingerprint density at radius 2 is 2.05 bits per heavy atom. The Morgan fingerprint density at radius 3 is 2.64 bits per heavy atom. The highest BCUT2D eigenvalue weighted by Gasteiger charge is 2.18. The second-order valence-electron chi connectivity index (χ2n) is 5.03. The van der Waals surface area contributed by atoms with Crippen LogP contribution in [-0.4, -0.2) is 36.3 Å². The highest BCUT2D eigenvalue weighted by atomic mass is 35.5. The summed E-state index contributed by atoms with van der Waals surface area (Å²) in [4.78, 5) is 11.6. The molecule has 0 fully saturated rings. The average molecular weight is 372 g/mol. The second kappa shape index (κ2) is 10.1. The quantitative estimate of drug-likeness (QED) is 0.686. The predicted molar refractivity (Wildman–Crippen MR) is 91.0 cm³/mol. The molecule has 0 saturated heterocycles. The predicted octanol–water partition coefficient (Wildman–Crippen LogP) is 2.25. The fraction of sp³-hybridized carbons (Fsp3) is 0.500. The number of benzene rings is 1. The number of nitrogens with two attached hydrogens (primary N) is 1. The van der Waals surface area contributed by atoms with Gasteiger partial charge >= 0.3 is 0 Å². The zero-order valence-electron chi connectivity index (χ0n) is 12.4. The molecule has 0 heterocycles. The maximum absolute atomic E-state index is 11.6. The van der Waals surface area contributed by atoms with Gasteiger partial charge in [0.25, 0.3) is 0 Å². The van der Waals surface area contributed by atoms with E-state index in [-0.39, 0.29) is 42.4 Å². The highest BCUT2D eigenvalue weighted by Crippen LogP contribution is 2.31. The minimum absolute atomic E-state index is 0. The largest absolute Gasteiger partial charge is 0.489 e. The summed E-state index contributed by atoms with van der Waals surface area (Å²) in [7, 11) is 0. The van der Waals surface area contributed by atoms with E-state index in [4.69, 9.17) is 33.7 Å². The van der Waals surface area contributed by atoms with Crippen molar-refractivity contribution in [1.29, 1.82) is 0 Å². The number of hydrogen-bond acceptors (Lipinski definition) is 4. The Balaban J connectivity index is 0.00000441. The monoisotopic (exact) mass is 370 g/mol. The molecule has 8 heteroatoms. The lowest BCUT2D eigenvalue weighted by Gasteiger charge is -2.18. The summed E-state index contributed by atoms with van der Waals surface area (Å²) in [6, 6.07) is 4.38. The molecule has 0 aliphatic carbocycles. The number of halogens is 3. The van der Waals surface area contributed by atoms with Gasteiger partial charge in [-0.2, -0.15) is 0 Å². The number of carbonyl (C=O) groups excluding carboxylic acids is 1. The number of carbonyl (C=O) groups is 1. The van der Waals surface area contributed by atoms with E-state index in [1.807, 2.05) is 13.8 Å². The molecule has 1 unspecified atom stereocenters. The van der Waals surface area contributed by atoms with Gasteiger partial charge in [0.1, 0.15) is 23.5 Å². The van der Waals surface area contributed by atoms with E-state index in [1.54, 1.807) is 18.2 Å². The van der Waals surface area contributed by atoms with E-state index in [9.17, 15) is 9.90 Å². The first-order valence-electron chi connectivity index (χ1n) is 6.61. The normalized spacial score (nSPS) is 13.2. The van der Waals surface area contributed by atoms with Crippen LogP contribution in [0.3, 0.4) is 0 Å². The standard InChI is InChI=1S/C14H20Cl2N2O3.ClH/c1-8(2)13(17)14(20)18-6-9(19)7-21-11-5-3-4-10(15)12(11)16;/h3-5,8-9,13,19H,6-7,17H2,1-2H3,(H,18,20);1H/t9?,13-;/m0./s1. The van der Waals surface area contributed by atoms with Crippen molar-refractivity contribution in [3.63, 3.8) is 0 Å². The number of amides is 1. The average Bonchev–Trinajstić information content (AvgIpc) is 2.45. The van der Waals surface area contributed by atoms with Crippen LogP contribution in [0.5, 0.6) is 5.75 Å². The van der Waals surface area contributed by atoms with Crippen LogP contribution >= 0.6 is 35.6 Å².